The summed E-state index contributed by atoms with van der Waals surface area (Å²) in [7, 11) is 0. The molecule has 0 spiro atoms. The SMILES string of the molecule is Cc1ccccc1C(C(=O)OC1CC(=O)NC1=O)C(C)C. The van der Waals surface area contributed by atoms with E-state index in [4.69, 9.17) is 4.74 Å². The molecule has 0 radical (unpaired) electrons. The van der Waals surface area contributed by atoms with Crippen LogP contribution in [0.5, 0.6) is 0 Å². The minimum atomic E-state index is -1.00. The molecule has 0 aromatic heterocycles. The lowest BCUT2D eigenvalue weighted by atomic mass is 9.86. The Kier molecular flexibility index (Phi) is 4.40. The summed E-state index contributed by atoms with van der Waals surface area (Å²) < 4.78 is 5.26. The number of ether oxygens (including phenoxy) is 1. The number of nitrogens with one attached hydrogen (secondary N) is 1. The molecule has 0 bridgehead atoms. The summed E-state index contributed by atoms with van der Waals surface area (Å²) in [5, 5.41) is 2.14. The Hall–Kier alpha value is -2.17. The molecule has 1 fully saturated rings. The molecule has 1 aromatic rings. The minimum Gasteiger partial charge on any atom is -0.451 e. The maximum atomic E-state index is 12.4. The normalized spacial score (nSPS) is 19.5. The molecular formula is C16H19NO4. The highest BCUT2D eigenvalue weighted by molar-refractivity contribution is 6.05. The summed E-state index contributed by atoms with van der Waals surface area (Å²) in [6, 6.07) is 7.60. The van der Waals surface area contributed by atoms with Crippen molar-refractivity contribution in [1.29, 1.82) is 0 Å². The van der Waals surface area contributed by atoms with Gasteiger partial charge in [-0.15, -0.1) is 0 Å². The van der Waals surface area contributed by atoms with E-state index in [9.17, 15) is 14.4 Å². The van der Waals surface area contributed by atoms with Crippen LogP contribution in [-0.4, -0.2) is 23.9 Å². The van der Waals surface area contributed by atoms with Crippen LogP contribution in [0.25, 0.3) is 0 Å². The highest BCUT2D eigenvalue weighted by atomic mass is 16.5. The maximum Gasteiger partial charge on any atom is 0.314 e. The van der Waals surface area contributed by atoms with Gasteiger partial charge in [0, 0.05) is 0 Å². The van der Waals surface area contributed by atoms with E-state index in [2.05, 4.69) is 5.32 Å². The van der Waals surface area contributed by atoms with Gasteiger partial charge in [0.05, 0.1) is 12.3 Å². The topological polar surface area (TPSA) is 72.5 Å². The molecule has 2 amide bonds. The zero-order chi connectivity index (χ0) is 15.6. The molecular weight excluding hydrogens is 270 g/mol. The first-order valence-electron chi connectivity index (χ1n) is 7.00. The fraction of sp³-hybridized carbons (Fsp3) is 0.438. The number of benzene rings is 1. The molecule has 1 heterocycles. The quantitative estimate of drug-likeness (QED) is 0.676. The van der Waals surface area contributed by atoms with Gasteiger partial charge in [-0.3, -0.25) is 19.7 Å². The van der Waals surface area contributed by atoms with E-state index >= 15 is 0 Å². The summed E-state index contributed by atoms with van der Waals surface area (Å²) in [6.45, 7) is 5.79. The zero-order valence-electron chi connectivity index (χ0n) is 12.4. The maximum absolute atomic E-state index is 12.4. The number of amides is 2. The van der Waals surface area contributed by atoms with Gasteiger partial charge in [0.15, 0.2) is 6.10 Å². The standard InChI is InChI=1S/C16H19NO4/c1-9(2)14(11-7-5-4-6-10(11)3)16(20)21-12-8-13(18)17-15(12)19/h4-7,9,12,14H,8H2,1-3H3,(H,17,18,19). The van der Waals surface area contributed by atoms with E-state index in [1.54, 1.807) is 0 Å². The highest BCUT2D eigenvalue weighted by Crippen LogP contribution is 2.29. The van der Waals surface area contributed by atoms with Crippen LogP contribution in [0.1, 0.15) is 37.3 Å². The summed E-state index contributed by atoms with van der Waals surface area (Å²) in [5.74, 6) is -1.84. The number of esters is 1. The second-order valence-corrected chi connectivity index (χ2v) is 5.62. The van der Waals surface area contributed by atoms with Crippen LogP contribution in [0.2, 0.25) is 0 Å². The Morgan fingerprint density at radius 3 is 2.48 bits per heavy atom. The lowest BCUT2D eigenvalue weighted by Gasteiger charge is -2.22. The fourth-order valence-corrected chi connectivity index (χ4v) is 2.53. The molecule has 5 heteroatoms. The van der Waals surface area contributed by atoms with Gasteiger partial charge >= 0.3 is 5.97 Å². The van der Waals surface area contributed by atoms with Crippen LogP contribution in [0.4, 0.5) is 0 Å². The average Bonchev–Trinajstić information content (AvgIpc) is 2.70. The predicted molar refractivity (Wildman–Crippen MR) is 76.4 cm³/mol. The number of aryl methyl sites for hydroxylation is 1. The second kappa shape index (κ2) is 6.08. The molecule has 1 aliphatic rings. The second-order valence-electron chi connectivity index (χ2n) is 5.62. The summed E-state index contributed by atoms with van der Waals surface area (Å²) in [6.07, 6.45) is -1.10. The van der Waals surface area contributed by atoms with Crippen molar-refractivity contribution in [2.45, 2.75) is 39.2 Å². The average molecular weight is 289 g/mol. The van der Waals surface area contributed by atoms with Crippen LogP contribution in [0.15, 0.2) is 24.3 Å². The third-order valence-corrected chi connectivity index (χ3v) is 3.63. The molecule has 5 nitrogen and oxygen atoms in total. The van der Waals surface area contributed by atoms with Gasteiger partial charge in [0.25, 0.3) is 5.91 Å². The van der Waals surface area contributed by atoms with Crippen LogP contribution in [-0.2, 0) is 19.1 Å². The third kappa shape index (κ3) is 3.29. The number of carbonyl (C=O) groups excluding carboxylic acids is 3. The van der Waals surface area contributed by atoms with Gasteiger partial charge < -0.3 is 4.74 Å². The van der Waals surface area contributed by atoms with Crippen molar-refractivity contribution in [2.24, 2.45) is 5.92 Å². The smallest absolute Gasteiger partial charge is 0.314 e. The Labute approximate surface area is 123 Å². The molecule has 2 rings (SSSR count). The first-order valence-corrected chi connectivity index (χ1v) is 7.00. The number of carbonyl (C=O) groups is 3. The Morgan fingerprint density at radius 1 is 1.29 bits per heavy atom. The molecule has 1 aromatic carbocycles. The van der Waals surface area contributed by atoms with Crippen molar-refractivity contribution in [3.63, 3.8) is 0 Å². The summed E-state index contributed by atoms with van der Waals surface area (Å²) >= 11 is 0. The van der Waals surface area contributed by atoms with Crippen LogP contribution >= 0.6 is 0 Å². The van der Waals surface area contributed by atoms with Crippen LogP contribution in [0, 0.1) is 12.8 Å². The molecule has 2 atom stereocenters. The van der Waals surface area contributed by atoms with Crippen LogP contribution in [0.3, 0.4) is 0 Å². The lowest BCUT2D eigenvalue weighted by Crippen LogP contribution is -2.31. The van der Waals surface area contributed by atoms with Crippen molar-refractivity contribution in [1.82, 2.24) is 5.32 Å². The third-order valence-electron chi connectivity index (χ3n) is 3.63. The fourth-order valence-electron chi connectivity index (χ4n) is 2.53. The van der Waals surface area contributed by atoms with E-state index in [1.165, 1.54) is 0 Å². The molecule has 0 aliphatic carbocycles. The van der Waals surface area contributed by atoms with Crippen molar-refractivity contribution in [3.8, 4) is 0 Å². The lowest BCUT2D eigenvalue weighted by molar-refractivity contribution is -0.156. The van der Waals surface area contributed by atoms with Gasteiger partial charge in [0.2, 0.25) is 5.91 Å². The van der Waals surface area contributed by atoms with Gasteiger partial charge in [-0.25, -0.2) is 0 Å². The highest BCUT2D eigenvalue weighted by Gasteiger charge is 2.36. The number of hydrogen-bond donors (Lipinski definition) is 1. The monoisotopic (exact) mass is 289 g/mol. The molecule has 2 unspecified atom stereocenters. The molecule has 0 saturated carbocycles. The van der Waals surface area contributed by atoms with E-state index in [0.29, 0.717) is 0 Å². The minimum absolute atomic E-state index is 0.0266. The first kappa shape index (κ1) is 15.2. The Balaban J connectivity index is 2.19. The van der Waals surface area contributed by atoms with Crippen molar-refractivity contribution in [2.75, 3.05) is 0 Å². The molecule has 1 aliphatic heterocycles. The van der Waals surface area contributed by atoms with Gasteiger partial charge in [-0.05, 0) is 24.0 Å². The van der Waals surface area contributed by atoms with Gasteiger partial charge in [0.1, 0.15) is 0 Å². The van der Waals surface area contributed by atoms with Gasteiger partial charge in [-0.2, -0.15) is 0 Å². The predicted octanol–water partition coefficient (Wildman–Crippen LogP) is 1.69. The van der Waals surface area contributed by atoms with Crippen LogP contribution < -0.4 is 5.32 Å². The summed E-state index contributed by atoms with van der Waals surface area (Å²) in [4.78, 5) is 35.1. The summed E-state index contributed by atoms with van der Waals surface area (Å²) in [5.41, 5.74) is 1.89. The molecule has 112 valence electrons. The van der Waals surface area contributed by atoms with E-state index in [0.717, 1.165) is 11.1 Å². The first-order chi connectivity index (χ1) is 9.90. The van der Waals surface area contributed by atoms with Crippen molar-refractivity contribution in [3.05, 3.63) is 35.4 Å². The van der Waals surface area contributed by atoms with Crippen molar-refractivity contribution >= 4 is 17.8 Å². The number of rotatable bonds is 4. The van der Waals surface area contributed by atoms with E-state index in [1.807, 2.05) is 45.0 Å². The molecule has 1 saturated heterocycles. The zero-order valence-corrected chi connectivity index (χ0v) is 12.4. The molecule has 21 heavy (non-hydrogen) atoms. The number of hydrogen-bond acceptors (Lipinski definition) is 4. The largest absolute Gasteiger partial charge is 0.451 e. The Morgan fingerprint density at radius 2 is 1.95 bits per heavy atom. The van der Waals surface area contributed by atoms with E-state index < -0.39 is 29.8 Å². The van der Waals surface area contributed by atoms with E-state index in [-0.39, 0.29) is 12.3 Å². The Bertz CT molecular complexity index is 579. The number of imide groups is 1. The van der Waals surface area contributed by atoms with Crippen molar-refractivity contribution < 1.29 is 19.1 Å². The van der Waals surface area contributed by atoms with Gasteiger partial charge in [-0.1, -0.05) is 38.1 Å². The molecule has 1 N–H and O–H groups in total.